The highest BCUT2D eigenvalue weighted by Gasteiger charge is 2.32. The number of aliphatic hydroxyl groups excluding tert-OH is 1. The third-order valence-electron chi connectivity index (χ3n) is 7.91. The lowest BCUT2D eigenvalue weighted by Crippen LogP contribution is -2.31. The van der Waals surface area contributed by atoms with E-state index in [0.29, 0.717) is 6.61 Å². The van der Waals surface area contributed by atoms with E-state index in [2.05, 4.69) is 16.3 Å². The number of pyridine rings is 1. The first-order valence-electron chi connectivity index (χ1n) is 13.8. The van der Waals surface area contributed by atoms with E-state index in [9.17, 15) is 9.50 Å². The molecular weight excluding hydrogens is 473 g/mol. The summed E-state index contributed by atoms with van der Waals surface area (Å²) in [5, 5.41) is 13.7. The third kappa shape index (κ3) is 6.25. The lowest BCUT2D eigenvalue weighted by molar-refractivity contribution is 0.0476. The average molecular weight is 514 g/mol. The number of aromatic nitrogens is 1. The van der Waals surface area contributed by atoms with Crippen LogP contribution >= 0.6 is 0 Å². The van der Waals surface area contributed by atoms with Gasteiger partial charge in [-0.15, -0.1) is 0 Å². The Balaban J connectivity index is 1.11. The van der Waals surface area contributed by atoms with E-state index in [1.165, 1.54) is 11.6 Å². The maximum absolute atomic E-state index is 14.2. The van der Waals surface area contributed by atoms with Crippen LogP contribution in [0.2, 0.25) is 0 Å². The molecule has 2 saturated heterocycles. The van der Waals surface area contributed by atoms with Gasteiger partial charge in [0.15, 0.2) is 0 Å². The van der Waals surface area contributed by atoms with Gasteiger partial charge in [-0.3, -0.25) is 4.90 Å². The smallest absolute Gasteiger partial charge is 0.133 e. The maximum Gasteiger partial charge on any atom is 0.133 e. The fourth-order valence-corrected chi connectivity index (χ4v) is 5.96. The van der Waals surface area contributed by atoms with Crippen LogP contribution < -0.4 is 10.1 Å². The molecule has 0 spiro atoms. The predicted octanol–water partition coefficient (Wildman–Crippen LogP) is 4.59. The molecule has 7 nitrogen and oxygen atoms in total. The first-order valence-corrected chi connectivity index (χ1v) is 13.8. The van der Waals surface area contributed by atoms with Gasteiger partial charge in [-0.25, -0.2) is 9.37 Å². The molecule has 0 bridgehead atoms. The first-order chi connectivity index (χ1) is 18.2. The number of ether oxygens (including phenoxy) is 3. The lowest BCUT2D eigenvalue weighted by atomic mass is 9.94. The fourth-order valence-electron chi connectivity index (χ4n) is 5.96. The zero-order valence-corrected chi connectivity index (χ0v) is 21.9. The van der Waals surface area contributed by atoms with Crippen LogP contribution in [0.25, 0.3) is 0 Å². The zero-order chi connectivity index (χ0) is 25.6. The van der Waals surface area contributed by atoms with Crippen LogP contribution in [0.1, 0.15) is 73.1 Å². The number of rotatable bonds is 11. The maximum atomic E-state index is 14.2. The van der Waals surface area contributed by atoms with Gasteiger partial charge in [0.1, 0.15) is 17.4 Å². The topological polar surface area (TPSA) is 76.1 Å². The van der Waals surface area contributed by atoms with Crippen molar-refractivity contribution in [1.29, 1.82) is 0 Å². The second-order valence-electron chi connectivity index (χ2n) is 10.4. The number of halogens is 1. The van der Waals surface area contributed by atoms with Gasteiger partial charge in [-0.2, -0.15) is 0 Å². The number of fused-ring (bicyclic) bond motifs is 1. The summed E-state index contributed by atoms with van der Waals surface area (Å²) in [6.07, 6.45) is 7.94. The summed E-state index contributed by atoms with van der Waals surface area (Å²) >= 11 is 0. The van der Waals surface area contributed by atoms with Crippen molar-refractivity contribution in [2.24, 2.45) is 0 Å². The molecule has 4 heterocycles. The molecule has 3 aliphatic rings. The Morgan fingerprint density at radius 2 is 2.16 bits per heavy atom. The number of aryl methyl sites for hydroxylation is 1. The molecule has 1 aromatic carbocycles. The Kier molecular flexibility index (Phi) is 8.92. The van der Waals surface area contributed by atoms with E-state index < -0.39 is 0 Å². The Morgan fingerprint density at radius 1 is 1.24 bits per heavy atom. The molecule has 0 saturated carbocycles. The Labute approximate surface area is 219 Å². The standard InChI is InChI=1S/C29H40FN3O4/c1-35-28-17-21(32-29-24(28)7-4-12-31-29)6-2-3-14-36-22-11-13-33(18-22)26(19-34)25-16-20(30)9-10-23(25)27-8-5-15-37-27/h9-10,16-17,22,26-27,34H,2-8,11-15,18-19H2,1H3,(H,31,32)/t22-,26?,27?/m1/s1. The normalized spacial score (nSPS) is 22.6. The van der Waals surface area contributed by atoms with Gasteiger partial charge >= 0.3 is 0 Å². The number of benzene rings is 1. The molecule has 3 atom stereocenters. The minimum atomic E-state index is -0.274. The van der Waals surface area contributed by atoms with Crippen molar-refractivity contribution in [3.63, 3.8) is 0 Å². The quantitative estimate of drug-likeness (QED) is 0.426. The summed E-state index contributed by atoms with van der Waals surface area (Å²) in [7, 11) is 1.73. The number of likely N-dealkylation sites (tertiary alicyclic amines) is 1. The number of methoxy groups -OCH3 is 1. The van der Waals surface area contributed by atoms with Crippen molar-refractivity contribution in [2.75, 3.05) is 51.9 Å². The molecular formula is C29H40FN3O4. The number of aliphatic hydroxyl groups is 1. The van der Waals surface area contributed by atoms with E-state index in [4.69, 9.17) is 19.2 Å². The van der Waals surface area contributed by atoms with Crippen LogP contribution in [-0.4, -0.2) is 67.7 Å². The van der Waals surface area contributed by atoms with Crippen LogP contribution in [0, 0.1) is 5.82 Å². The highest BCUT2D eigenvalue weighted by molar-refractivity contribution is 5.54. The molecule has 1 aromatic heterocycles. The Hall–Kier alpha value is -2.26. The molecule has 2 fully saturated rings. The Bertz CT molecular complexity index is 1030. The fraction of sp³-hybridized carbons (Fsp3) is 0.621. The van der Waals surface area contributed by atoms with E-state index in [1.807, 2.05) is 6.07 Å². The molecule has 8 heteroatoms. The van der Waals surface area contributed by atoms with E-state index in [1.54, 1.807) is 13.2 Å². The largest absolute Gasteiger partial charge is 0.496 e. The van der Waals surface area contributed by atoms with Gasteiger partial charge in [0.05, 0.1) is 32.0 Å². The summed E-state index contributed by atoms with van der Waals surface area (Å²) < 4.78 is 31.9. The van der Waals surface area contributed by atoms with Gasteiger partial charge < -0.3 is 24.6 Å². The van der Waals surface area contributed by atoms with Gasteiger partial charge in [-0.05, 0) is 74.6 Å². The molecule has 37 heavy (non-hydrogen) atoms. The van der Waals surface area contributed by atoms with Crippen molar-refractivity contribution < 1.29 is 23.7 Å². The number of nitrogens with one attached hydrogen (secondary N) is 1. The molecule has 0 aliphatic carbocycles. The number of unbranched alkanes of at least 4 members (excludes halogenated alkanes) is 1. The van der Waals surface area contributed by atoms with Crippen molar-refractivity contribution in [3.05, 3.63) is 52.5 Å². The van der Waals surface area contributed by atoms with E-state index in [-0.39, 0.29) is 30.7 Å². The van der Waals surface area contributed by atoms with Gasteiger partial charge in [-0.1, -0.05) is 6.07 Å². The van der Waals surface area contributed by atoms with Gasteiger partial charge in [0.2, 0.25) is 0 Å². The summed E-state index contributed by atoms with van der Waals surface area (Å²) in [5.41, 5.74) is 4.09. The molecule has 2 aromatic rings. The molecule has 0 radical (unpaired) electrons. The van der Waals surface area contributed by atoms with Crippen molar-refractivity contribution in [1.82, 2.24) is 9.88 Å². The summed E-state index contributed by atoms with van der Waals surface area (Å²) in [6.45, 7) is 3.90. The monoisotopic (exact) mass is 513 g/mol. The van der Waals surface area contributed by atoms with Gasteiger partial charge in [0.25, 0.3) is 0 Å². The second kappa shape index (κ2) is 12.5. The SMILES string of the molecule is COc1cc(CCCCO[C@@H]2CCN(C(CO)c3cc(F)ccc3C3CCCO3)C2)nc2c1CCCN2. The average Bonchev–Trinajstić information content (AvgIpc) is 3.62. The van der Waals surface area contributed by atoms with Crippen LogP contribution in [0.5, 0.6) is 5.75 Å². The van der Waals surface area contributed by atoms with E-state index in [0.717, 1.165) is 106 Å². The molecule has 0 amide bonds. The second-order valence-corrected chi connectivity index (χ2v) is 10.4. The van der Waals surface area contributed by atoms with Crippen molar-refractivity contribution >= 4 is 5.82 Å². The zero-order valence-electron chi connectivity index (χ0n) is 21.9. The molecule has 2 N–H and O–H groups in total. The molecule has 3 aliphatic heterocycles. The number of nitrogens with zero attached hydrogens (tertiary/aromatic N) is 2. The van der Waals surface area contributed by atoms with Crippen LogP contribution in [0.4, 0.5) is 10.2 Å². The Morgan fingerprint density at radius 3 is 2.97 bits per heavy atom. The highest BCUT2D eigenvalue weighted by Crippen LogP contribution is 2.37. The summed E-state index contributed by atoms with van der Waals surface area (Å²) in [5.74, 6) is 1.64. The van der Waals surface area contributed by atoms with Gasteiger partial charge in [0, 0.05) is 50.2 Å². The van der Waals surface area contributed by atoms with Crippen LogP contribution in [0.15, 0.2) is 24.3 Å². The molecule has 5 rings (SSSR count). The summed E-state index contributed by atoms with van der Waals surface area (Å²) in [4.78, 5) is 7.04. The first kappa shape index (κ1) is 26.4. The van der Waals surface area contributed by atoms with Crippen LogP contribution in [0.3, 0.4) is 0 Å². The highest BCUT2D eigenvalue weighted by atomic mass is 19.1. The predicted molar refractivity (Wildman–Crippen MR) is 141 cm³/mol. The minimum absolute atomic E-state index is 0.0142. The number of hydrogen-bond donors (Lipinski definition) is 2. The van der Waals surface area contributed by atoms with Crippen molar-refractivity contribution in [3.8, 4) is 5.75 Å². The molecule has 2 unspecified atom stereocenters. The number of hydrogen-bond acceptors (Lipinski definition) is 7. The third-order valence-corrected chi connectivity index (χ3v) is 7.91. The molecule has 202 valence electrons. The van der Waals surface area contributed by atoms with Crippen LogP contribution in [-0.2, 0) is 22.3 Å². The van der Waals surface area contributed by atoms with E-state index >= 15 is 0 Å². The number of anilines is 1. The lowest BCUT2D eigenvalue weighted by Gasteiger charge is -2.29. The minimum Gasteiger partial charge on any atom is -0.496 e. The summed E-state index contributed by atoms with van der Waals surface area (Å²) in [6, 6.07) is 6.73. The van der Waals surface area contributed by atoms with Crippen molar-refractivity contribution in [2.45, 2.75) is 69.6 Å².